The highest BCUT2D eigenvalue weighted by molar-refractivity contribution is 5.66. The van der Waals surface area contributed by atoms with Crippen molar-refractivity contribution in [2.75, 3.05) is 0 Å². The highest BCUT2D eigenvalue weighted by atomic mass is 19.1. The number of pyridine rings is 1. The number of aromatic nitrogens is 1. The van der Waals surface area contributed by atoms with E-state index < -0.39 is 5.95 Å². The molecule has 0 bridgehead atoms. The summed E-state index contributed by atoms with van der Waals surface area (Å²) in [7, 11) is 0. The molecule has 0 unspecified atom stereocenters. The van der Waals surface area contributed by atoms with Crippen LogP contribution in [-0.2, 0) is 0 Å². The molecule has 0 amide bonds. The third-order valence-corrected chi connectivity index (χ3v) is 2.22. The molecule has 1 aromatic carbocycles. The number of benzene rings is 1. The van der Waals surface area contributed by atoms with Crippen molar-refractivity contribution >= 4 is 0 Å². The largest absolute Gasteiger partial charge is 0.224 e. The van der Waals surface area contributed by atoms with Gasteiger partial charge in [-0.3, -0.25) is 0 Å². The molecule has 3 heteroatoms. The van der Waals surface area contributed by atoms with Gasteiger partial charge in [-0.05, 0) is 25.1 Å². The van der Waals surface area contributed by atoms with E-state index in [1.54, 1.807) is 25.1 Å². The van der Waals surface area contributed by atoms with Crippen molar-refractivity contribution < 1.29 is 8.78 Å². The third-order valence-electron chi connectivity index (χ3n) is 2.22. The van der Waals surface area contributed by atoms with E-state index in [0.29, 0.717) is 16.8 Å². The smallest absolute Gasteiger partial charge is 0.213 e. The van der Waals surface area contributed by atoms with Gasteiger partial charge in [-0.25, -0.2) is 9.37 Å². The zero-order valence-corrected chi connectivity index (χ0v) is 8.17. The Morgan fingerprint density at radius 3 is 2.33 bits per heavy atom. The SMILES string of the molecule is Cc1nc(F)ccc1-c1ccccc1F. The summed E-state index contributed by atoms with van der Waals surface area (Å²) >= 11 is 0. The second-order valence-corrected chi connectivity index (χ2v) is 3.25. The van der Waals surface area contributed by atoms with Gasteiger partial charge >= 0.3 is 0 Å². The second-order valence-electron chi connectivity index (χ2n) is 3.25. The van der Waals surface area contributed by atoms with E-state index >= 15 is 0 Å². The van der Waals surface area contributed by atoms with Crippen LogP contribution in [0.4, 0.5) is 8.78 Å². The number of nitrogens with zero attached hydrogens (tertiary/aromatic N) is 1. The highest BCUT2D eigenvalue weighted by Gasteiger charge is 2.08. The molecule has 15 heavy (non-hydrogen) atoms. The van der Waals surface area contributed by atoms with E-state index in [4.69, 9.17) is 0 Å². The second kappa shape index (κ2) is 3.77. The quantitative estimate of drug-likeness (QED) is 0.650. The van der Waals surface area contributed by atoms with Crippen molar-refractivity contribution in [3.63, 3.8) is 0 Å². The Morgan fingerprint density at radius 1 is 0.933 bits per heavy atom. The maximum atomic E-state index is 13.4. The van der Waals surface area contributed by atoms with E-state index in [9.17, 15) is 8.78 Å². The van der Waals surface area contributed by atoms with E-state index in [1.165, 1.54) is 18.2 Å². The fourth-order valence-electron chi connectivity index (χ4n) is 1.49. The summed E-state index contributed by atoms with van der Waals surface area (Å²) in [6, 6.07) is 9.15. The Bertz CT molecular complexity index is 495. The van der Waals surface area contributed by atoms with Gasteiger partial charge in [0.1, 0.15) is 5.82 Å². The Kier molecular flexibility index (Phi) is 2.46. The van der Waals surface area contributed by atoms with E-state index in [0.717, 1.165) is 0 Å². The molecule has 0 saturated carbocycles. The lowest BCUT2D eigenvalue weighted by Gasteiger charge is -2.05. The minimum Gasteiger partial charge on any atom is -0.224 e. The van der Waals surface area contributed by atoms with Crippen molar-refractivity contribution in [1.82, 2.24) is 4.98 Å². The summed E-state index contributed by atoms with van der Waals surface area (Å²) in [5.74, 6) is -0.874. The predicted molar refractivity (Wildman–Crippen MR) is 54.3 cm³/mol. The molecule has 2 aromatic rings. The molecule has 76 valence electrons. The van der Waals surface area contributed by atoms with Gasteiger partial charge in [0.2, 0.25) is 5.95 Å². The number of hydrogen-bond acceptors (Lipinski definition) is 1. The average molecular weight is 205 g/mol. The monoisotopic (exact) mass is 205 g/mol. The summed E-state index contributed by atoms with van der Waals surface area (Å²) in [6.45, 7) is 1.66. The first kappa shape index (κ1) is 9.77. The van der Waals surface area contributed by atoms with Gasteiger partial charge in [-0.1, -0.05) is 18.2 Å². The summed E-state index contributed by atoms with van der Waals surface area (Å²) in [5.41, 5.74) is 1.55. The summed E-state index contributed by atoms with van der Waals surface area (Å²) in [6.07, 6.45) is 0. The Labute approximate surface area is 86.4 Å². The number of aryl methyl sites for hydroxylation is 1. The van der Waals surface area contributed by atoms with Crippen molar-refractivity contribution in [2.45, 2.75) is 6.92 Å². The zero-order valence-electron chi connectivity index (χ0n) is 8.17. The molecule has 0 aliphatic heterocycles. The summed E-state index contributed by atoms with van der Waals surface area (Å²) < 4.78 is 26.2. The maximum Gasteiger partial charge on any atom is 0.213 e. The molecule has 0 N–H and O–H groups in total. The first-order valence-electron chi connectivity index (χ1n) is 4.56. The lowest BCUT2D eigenvalue weighted by molar-refractivity contribution is 0.580. The molecule has 0 radical (unpaired) electrons. The van der Waals surface area contributed by atoms with Crippen LogP contribution in [0.1, 0.15) is 5.69 Å². The molecule has 0 atom stereocenters. The van der Waals surface area contributed by atoms with Crippen molar-refractivity contribution in [2.24, 2.45) is 0 Å². The molecule has 0 spiro atoms. The number of halogens is 2. The average Bonchev–Trinajstić information content (AvgIpc) is 2.20. The molecule has 0 aliphatic rings. The Morgan fingerprint density at radius 2 is 1.67 bits per heavy atom. The lowest BCUT2D eigenvalue weighted by Crippen LogP contribution is -1.92. The molecule has 1 nitrogen and oxygen atoms in total. The first-order valence-corrected chi connectivity index (χ1v) is 4.56. The van der Waals surface area contributed by atoms with Crippen molar-refractivity contribution in [3.8, 4) is 11.1 Å². The van der Waals surface area contributed by atoms with Crippen LogP contribution in [0.3, 0.4) is 0 Å². The summed E-state index contributed by atoms with van der Waals surface area (Å²) in [5, 5.41) is 0. The molecule has 0 saturated heterocycles. The minimum absolute atomic E-state index is 0.325. The zero-order chi connectivity index (χ0) is 10.8. The van der Waals surface area contributed by atoms with Crippen LogP contribution >= 0.6 is 0 Å². The summed E-state index contributed by atoms with van der Waals surface area (Å²) in [4.78, 5) is 3.66. The van der Waals surface area contributed by atoms with Crippen LogP contribution in [0.25, 0.3) is 11.1 Å². The van der Waals surface area contributed by atoms with Gasteiger partial charge in [-0.15, -0.1) is 0 Å². The normalized spacial score (nSPS) is 10.3. The van der Waals surface area contributed by atoms with Crippen LogP contribution in [0.2, 0.25) is 0 Å². The molecular weight excluding hydrogens is 196 g/mol. The van der Waals surface area contributed by atoms with E-state index in [1.807, 2.05) is 0 Å². The fraction of sp³-hybridized carbons (Fsp3) is 0.0833. The first-order chi connectivity index (χ1) is 7.18. The molecule has 2 rings (SSSR count). The Balaban J connectivity index is 2.60. The lowest BCUT2D eigenvalue weighted by atomic mass is 10.0. The van der Waals surface area contributed by atoms with Crippen LogP contribution in [0, 0.1) is 18.7 Å². The molecule has 1 heterocycles. The topological polar surface area (TPSA) is 12.9 Å². The van der Waals surface area contributed by atoms with Gasteiger partial charge in [0.25, 0.3) is 0 Å². The standard InChI is InChI=1S/C12H9F2N/c1-8-9(6-7-12(14)15-8)10-4-2-3-5-11(10)13/h2-7H,1H3. The fourth-order valence-corrected chi connectivity index (χ4v) is 1.49. The van der Waals surface area contributed by atoms with E-state index in [2.05, 4.69) is 4.98 Å². The van der Waals surface area contributed by atoms with Crippen LogP contribution in [-0.4, -0.2) is 4.98 Å². The third kappa shape index (κ3) is 1.86. The number of hydrogen-bond donors (Lipinski definition) is 0. The van der Waals surface area contributed by atoms with E-state index in [-0.39, 0.29) is 5.82 Å². The van der Waals surface area contributed by atoms with Gasteiger partial charge in [0.15, 0.2) is 0 Å². The van der Waals surface area contributed by atoms with Crippen molar-refractivity contribution in [3.05, 3.63) is 53.9 Å². The molecular formula is C12H9F2N. The number of rotatable bonds is 1. The molecule has 0 aliphatic carbocycles. The van der Waals surface area contributed by atoms with Gasteiger partial charge in [-0.2, -0.15) is 4.39 Å². The van der Waals surface area contributed by atoms with Gasteiger partial charge < -0.3 is 0 Å². The Hall–Kier alpha value is -1.77. The van der Waals surface area contributed by atoms with Crippen LogP contribution < -0.4 is 0 Å². The minimum atomic E-state index is -0.549. The van der Waals surface area contributed by atoms with Gasteiger partial charge in [0.05, 0.1) is 0 Å². The van der Waals surface area contributed by atoms with Crippen molar-refractivity contribution in [1.29, 1.82) is 0 Å². The van der Waals surface area contributed by atoms with Crippen LogP contribution in [0.15, 0.2) is 36.4 Å². The van der Waals surface area contributed by atoms with Gasteiger partial charge in [0, 0.05) is 16.8 Å². The molecule has 0 fully saturated rings. The highest BCUT2D eigenvalue weighted by Crippen LogP contribution is 2.24. The van der Waals surface area contributed by atoms with Crippen LogP contribution in [0.5, 0.6) is 0 Å². The maximum absolute atomic E-state index is 13.4. The predicted octanol–water partition coefficient (Wildman–Crippen LogP) is 3.34. The molecule has 1 aromatic heterocycles.